The zero-order valence-corrected chi connectivity index (χ0v) is 10.4. The molecule has 0 fully saturated rings. The summed E-state index contributed by atoms with van der Waals surface area (Å²) in [6.45, 7) is 9.26. The Kier molecular flexibility index (Phi) is 7.34. The molecule has 0 spiro atoms. The minimum Gasteiger partial charge on any atom is -0.469 e. The van der Waals surface area contributed by atoms with Gasteiger partial charge in [-0.1, -0.05) is 6.92 Å². The molecule has 0 amide bonds. The van der Waals surface area contributed by atoms with Gasteiger partial charge in [0.05, 0.1) is 19.1 Å². The maximum atomic E-state index is 11.2. The predicted molar refractivity (Wildman–Crippen MR) is 59.7 cm³/mol. The third kappa shape index (κ3) is 5.74. The zero-order valence-electron chi connectivity index (χ0n) is 10.4. The maximum Gasteiger partial charge on any atom is 0.309 e. The standard InChI is InChI=1S/C11H23NO3/c1-6-15-8(2)7-12-10(4)9(3)11(13)14-5/h8-10,12H,6-7H2,1-5H3. The van der Waals surface area contributed by atoms with Crippen molar-refractivity contribution in [1.82, 2.24) is 5.32 Å². The van der Waals surface area contributed by atoms with Crippen LogP contribution in [0, 0.1) is 5.92 Å². The Balaban J connectivity index is 3.82. The van der Waals surface area contributed by atoms with Crippen LogP contribution in [0.3, 0.4) is 0 Å². The van der Waals surface area contributed by atoms with E-state index >= 15 is 0 Å². The molecule has 4 nitrogen and oxygen atoms in total. The van der Waals surface area contributed by atoms with Gasteiger partial charge in [-0.25, -0.2) is 0 Å². The lowest BCUT2D eigenvalue weighted by molar-refractivity contribution is -0.145. The van der Waals surface area contributed by atoms with Crippen LogP contribution < -0.4 is 5.32 Å². The van der Waals surface area contributed by atoms with Gasteiger partial charge in [0.25, 0.3) is 0 Å². The molecule has 0 aromatic heterocycles. The lowest BCUT2D eigenvalue weighted by Crippen LogP contribution is -2.40. The molecule has 0 saturated carbocycles. The summed E-state index contributed by atoms with van der Waals surface area (Å²) in [5, 5.41) is 3.26. The monoisotopic (exact) mass is 217 g/mol. The molecule has 0 aromatic rings. The summed E-state index contributed by atoms with van der Waals surface area (Å²) in [5.74, 6) is -0.317. The second kappa shape index (κ2) is 7.65. The van der Waals surface area contributed by atoms with Crippen LogP contribution >= 0.6 is 0 Å². The highest BCUT2D eigenvalue weighted by atomic mass is 16.5. The van der Waals surface area contributed by atoms with Gasteiger partial charge in [0.15, 0.2) is 0 Å². The van der Waals surface area contributed by atoms with Gasteiger partial charge in [-0.3, -0.25) is 4.79 Å². The fraction of sp³-hybridized carbons (Fsp3) is 0.909. The molecule has 4 heteroatoms. The summed E-state index contributed by atoms with van der Waals surface area (Å²) in [6, 6.07) is 0.0976. The largest absolute Gasteiger partial charge is 0.469 e. The lowest BCUT2D eigenvalue weighted by atomic mass is 10.0. The van der Waals surface area contributed by atoms with Crippen LogP contribution in [0.25, 0.3) is 0 Å². The van der Waals surface area contributed by atoms with Crippen molar-refractivity contribution in [3.05, 3.63) is 0 Å². The number of ether oxygens (including phenoxy) is 2. The number of rotatable bonds is 7. The molecule has 1 N–H and O–H groups in total. The van der Waals surface area contributed by atoms with Gasteiger partial charge in [-0.05, 0) is 20.8 Å². The molecule has 0 rings (SSSR count). The minimum absolute atomic E-state index is 0.0976. The molecule has 0 aliphatic heterocycles. The van der Waals surface area contributed by atoms with Crippen molar-refractivity contribution in [2.75, 3.05) is 20.3 Å². The second-order valence-corrected chi connectivity index (χ2v) is 3.77. The van der Waals surface area contributed by atoms with Crippen molar-refractivity contribution in [2.24, 2.45) is 5.92 Å². The highest BCUT2D eigenvalue weighted by Gasteiger charge is 2.20. The molecule has 0 radical (unpaired) electrons. The molecular formula is C11H23NO3. The van der Waals surface area contributed by atoms with Crippen LogP contribution in [0.1, 0.15) is 27.7 Å². The van der Waals surface area contributed by atoms with Gasteiger partial charge < -0.3 is 14.8 Å². The summed E-state index contributed by atoms with van der Waals surface area (Å²) in [5.41, 5.74) is 0. The zero-order chi connectivity index (χ0) is 11.8. The minimum atomic E-state index is -0.181. The molecule has 0 heterocycles. The van der Waals surface area contributed by atoms with E-state index in [0.29, 0.717) is 6.61 Å². The van der Waals surface area contributed by atoms with E-state index in [-0.39, 0.29) is 24.0 Å². The highest BCUT2D eigenvalue weighted by Crippen LogP contribution is 2.04. The van der Waals surface area contributed by atoms with E-state index in [0.717, 1.165) is 6.54 Å². The van der Waals surface area contributed by atoms with Crippen LogP contribution in [-0.4, -0.2) is 38.4 Å². The van der Waals surface area contributed by atoms with Gasteiger partial charge in [0.1, 0.15) is 0 Å². The van der Waals surface area contributed by atoms with Crippen molar-refractivity contribution in [3.63, 3.8) is 0 Å². The van der Waals surface area contributed by atoms with Crippen molar-refractivity contribution in [2.45, 2.75) is 39.8 Å². The summed E-state index contributed by atoms with van der Waals surface area (Å²) >= 11 is 0. The number of methoxy groups -OCH3 is 1. The maximum absolute atomic E-state index is 11.2. The quantitative estimate of drug-likeness (QED) is 0.651. The number of hydrogen-bond acceptors (Lipinski definition) is 4. The van der Waals surface area contributed by atoms with Crippen molar-refractivity contribution in [1.29, 1.82) is 0 Å². The molecule has 0 aliphatic carbocycles. The third-order valence-corrected chi connectivity index (χ3v) is 2.50. The molecule has 3 atom stereocenters. The predicted octanol–water partition coefficient (Wildman–Crippen LogP) is 1.20. The van der Waals surface area contributed by atoms with Crippen molar-refractivity contribution >= 4 is 5.97 Å². The SMILES string of the molecule is CCOC(C)CNC(C)C(C)C(=O)OC. The Morgan fingerprint density at radius 3 is 2.40 bits per heavy atom. The smallest absolute Gasteiger partial charge is 0.309 e. The van der Waals surface area contributed by atoms with Gasteiger partial charge in [0.2, 0.25) is 0 Å². The number of nitrogens with one attached hydrogen (secondary N) is 1. The third-order valence-electron chi connectivity index (χ3n) is 2.50. The van der Waals surface area contributed by atoms with E-state index in [9.17, 15) is 4.79 Å². The first-order valence-corrected chi connectivity index (χ1v) is 5.45. The first-order valence-electron chi connectivity index (χ1n) is 5.45. The van der Waals surface area contributed by atoms with Gasteiger partial charge in [-0.15, -0.1) is 0 Å². The first kappa shape index (κ1) is 14.4. The van der Waals surface area contributed by atoms with Crippen LogP contribution in [0.15, 0.2) is 0 Å². The summed E-state index contributed by atoms with van der Waals surface area (Å²) in [4.78, 5) is 11.2. The molecule has 0 aliphatic rings. The van der Waals surface area contributed by atoms with E-state index in [1.165, 1.54) is 7.11 Å². The van der Waals surface area contributed by atoms with Crippen LogP contribution in [-0.2, 0) is 14.3 Å². The van der Waals surface area contributed by atoms with E-state index in [4.69, 9.17) is 4.74 Å². The lowest BCUT2D eigenvalue weighted by Gasteiger charge is -2.21. The van der Waals surface area contributed by atoms with Crippen molar-refractivity contribution < 1.29 is 14.3 Å². The Morgan fingerprint density at radius 1 is 1.33 bits per heavy atom. The Hall–Kier alpha value is -0.610. The number of hydrogen-bond donors (Lipinski definition) is 1. The fourth-order valence-electron chi connectivity index (χ4n) is 1.26. The highest BCUT2D eigenvalue weighted by molar-refractivity contribution is 5.72. The van der Waals surface area contributed by atoms with Gasteiger partial charge in [-0.2, -0.15) is 0 Å². The van der Waals surface area contributed by atoms with Crippen LogP contribution in [0.2, 0.25) is 0 Å². The molecule has 15 heavy (non-hydrogen) atoms. The first-order chi connectivity index (χ1) is 7.02. The Bertz CT molecular complexity index is 185. The Labute approximate surface area is 92.3 Å². The number of esters is 1. The van der Waals surface area contributed by atoms with Gasteiger partial charge in [0, 0.05) is 19.2 Å². The Morgan fingerprint density at radius 2 is 1.93 bits per heavy atom. The number of carbonyl (C=O) groups excluding carboxylic acids is 1. The normalized spacial score (nSPS) is 16.9. The molecule has 90 valence electrons. The van der Waals surface area contributed by atoms with E-state index in [2.05, 4.69) is 10.1 Å². The number of carbonyl (C=O) groups is 1. The average Bonchev–Trinajstić information content (AvgIpc) is 2.24. The molecule has 0 bridgehead atoms. The molecule has 3 unspecified atom stereocenters. The van der Waals surface area contributed by atoms with Gasteiger partial charge >= 0.3 is 5.97 Å². The summed E-state index contributed by atoms with van der Waals surface area (Å²) in [6.07, 6.45) is 0.169. The van der Waals surface area contributed by atoms with E-state index in [1.54, 1.807) is 0 Å². The summed E-state index contributed by atoms with van der Waals surface area (Å²) < 4.78 is 10.1. The van der Waals surface area contributed by atoms with Crippen LogP contribution in [0.5, 0.6) is 0 Å². The molecule has 0 saturated heterocycles. The van der Waals surface area contributed by atoms with E-state index in [1.807, 2.05) is 27.7 Å². The second-order valence-electron chi connectivity index (χ2n) is 3.77. The summed E-state index contributed by atoms with van der Waals surface area (Å²) in [7, 11) is 1.41. The fourth-order valence-corrected chi connectivity index (χ4v) is 1.26. The van der Waals surface area contributed by atoms with Crippen LogP contribution in [0.4, 0.5) is 0 Å². The van der Waals surface area contributed by atoms with Crippen molar-refractivity contribution in [3.8, 4) is 0 Å². The average molecular weight is 217 g/mol. The molecular weight excluding hydrogens is 194 g/mol. The topological polar surface area (TPSA) is 47.6 Å². The van der Waals surface area contributed by atoms with E-state index < -0.39 is 0 Å². The molecule has 0 aromatic carbocycles.